The average Bonchev–Trinajstić information content (AvgIpc) is 2.61. The number of alkyl halides is 3. The molecule has 0 unspecified atom stereocenters. The molecule has 2 rings (SSSR count). The van der Waals surface area contributed by atoms with Gasteiger partial charge < -0.3 is 10.1 Å². The zero-order valence-corrected chi connectivity index (χ0v) is 14.4. The molecule has 11 heteroatoms. The predicted octanol–water partition coefficient (Wildman–Crippen LogP) is 3.87. The molecule has 0 atom stereocenters. The lowest BCUT2D eigenvalue weighted by Gasteiger charge is -2.15. The molecule has 1 aromatic carbocycles. The van der Waals surface area contributed by atoms with Crippen LogP contribution in [0.3, 0.4) is 0 Å². The van der Waals surface area contributed by atoms with Crippen LogP contribution in [0.15, 0.2) is 30.5 Å². The van der Waals surface area contributed by atoms with Crippen molar-refractivity contribution in [2.45, 2.75) is 25.9 Å². The maximum atomic E-state index is 13.1. The highest BCUT2D eigenvalue weighted by Crippen LogP contribution is 2.35. The van der Waals surface area contributed by atoms with Gasteiger partial charge in [0.05, 0.1) is 6.61 Å². The molecule has 146 valence electrons. The number of nitrogens with two attached hydrogens (primary N) is 1. The first-order chi connectivity index (χ1) is 12.8. The predicted molar refractivity (Wildman–Crippen MR) is 94.4 cm³/mol. The Morgan fingerprint density at radius 1 is 1.30 bits per heavy atom. The number of carbonyl (C=O) groups excluding carboxylic acids is 1. The van der Waals surface area contributed by atoms with Gasteiger partial charge in [0.25, 0.3) is 0 Å². The molecule has 1 heterocycles. The minimum atomic E-state index is -4.66. The summed E-state index contributed by atoms with van der Waals surface area (Å²) in [4.78, 5) is 18.9. The van der Waals surface area contributed by atoms with E-state index >= 15 is 0 Å². The third-order valence-electron chi connectivity index (χ3n) is 3.33. The summed E-state index contributed by atoms with van der Waals surface area (Å²) < 4.78 is 44.4. The van der Waals surface area contributed by atoms with Crippen molar-refractivity contribution in [2.75, 3.05) is 22.7 Å². The van der Waals surface area contributed by atoms with E-state index in [4.69, 9.17) is 10.6 Å². The Kier molecular flexibility index (Phi) is 6.77. The molecule has 8 nitrogen and oxygen atoms in total. The van der Waals surface area contributed by atoms with E-state index < -0.39 is 23.7 Å². The number of nitrogens with zero attached hydrogens (tertiary/aromatic N) is 2. The third-order valence-corrected chi connectivity index (χ3v) is 3.33. The van der Waals surface area contributed by atoms with Gasteiger partial charge in [0.2, 0.25) is 5.95 Å². The van der Waals surface area contributed by atoms with Crippen LogP contribution in [0.25, 0.3) is 0 Å². The number of halogens is 3. The van der Waals surface area contributed by atoms with Crippen LogP contribution in [0.4, 0.5) is 41.1 Å². The third kappa shape index (κ3) is 5.99. The zero-order chi connectivity index (χ0) is 19.9. The second-order valence-electron chi connectivity index (χ2n) is 5.42. The average molecular weight is 384 g/mol. The van der Waals surface area contributed by atoms with Gasteiger partial charge in [-0.25, -0.2) is 15.6 Å². The lowest BCUT2D eigenvalue weighted by atomic mass is 10.2. The fraction of sp³-hybridized carbons (Fsp3) is 0.312. The number of nitrogen functional groups attached to an aromatic ring is 1. The first kappa shape index (κ1) is 20.2. The minimum absolute atomic E-state index is 0.181. The number of amides is 1. The number of ether oxygens (including phenoxy) is 1. The van der Waals surface area contributed by atoms with Crippen molar-refractivity contribution in [2.24, 2.45) is 5.84 Å². The molecule has 0 aliphatic rings. The fourth-order valence-corrected chi connectivity index (χ4v) is 2.03. The topological polar surface area (TPSA) is 114 Å². The number of carbonyl (C=O) groups is 1. The number of hydrogen-bond acceptors (Lipinski definition) is 7. The molecule has 0 aliphatic heterocycles. The normalized spacial score (nSPS) is 11.0. The van der Waals surface area contributed by atoms with Crippen molar-refractivity contribution < 1.29 is 22.7 Å². The van der Waals surface area contributed by atoms with Crippen LogP contribution in [0, 0.1) is 0 Å². The number of nitrogens with one attached hydrogen (secondary N) is 3. The van der Waals surface area contributed by atoms with E-state index in [1.807, 2.05) is 6.92 Å². The Balaban J connectivity index is 2.17. The molecule has 1 amide bonds. The molecule has 0 fully saturated rings. The fourth-order valence-electron chi connectivity index (χ4n) is 2.03. The molecule has 0 radical (unpaired) electrons. The van der Waals surface area contributed by atoms with Crippen LogP contribution in [0.1, 0.15) is 25.3 Å². The summed E-state index contributed by atoms with van der Waals surface area (Å²) in [6.45, 7) is 2.25. The zero-order valence-electron chi connectivity index (χ0n) is 14.4. The van der Waals surface area contributed by atoms with Gasteiger partial charge in [-0.1, -0.05) is 19.4 Å². The van der Waals surface area contributed by atoms with E-state index in [1.54, 1.807) is 12.1 Å². The molecule has 5 N–H and O–H groups in total. The molecule has 27 heavy (non-hydrogen) atoms. The van der Waals surface area contributed by atoms with Crippen LogP contribution in [0.5, 0.6) is 0 Å². The number of aromatic nitrogens is 2. The maximum absolute atomic E-state index is 13.1. The second-order valence-corrected chi connectivity index (χ2v) is 5.42. The molecular formula is C16H19F3N6O2. The van der Waals surface area contributed by atoms with Crippen molar-refractivity contribution in [1.29, 1.82) is 0 Å². The number of benzene rings is 1. The molecule has 0 saturated heterocycles. The standard InChI is InChI=1S/C16H19F3N6O2/c1-2-3-7-27-15(26)23-11-6-4-5-10(8-11)22-13-12(16(17,18)19)9-21-14(24-13)25-20/h4-6,8-9H,2-3,7,20H2,1H3,(H,23,26)(H2,21,22,24,25). The number of rotatable bonds is 7. The van der Waals surface area contributed by atoms with E-state index in [1.165, 1.54) is 12.1 Å². The summed E-state index contributed by atoms with van der Waals surface area (Å²) in [5, 5.41) is 5.07. The molecule has 0 saturated carbocycles. The second kappa shape index (κ2) is 9.03. The van der Waals surface area contributed by atoms with E-state index in [0.717, 1.165) is 12.8 Å². The van der Waals surface area contributed by atoms with Crippen LogP contribution in [-0.4, -0.2) is 22.7 Å². The van der Waals surface area contributed by atoms with Gasteiger partial charge in [-0.3, -0.25) is 10.7 Å². The summed E-state index contributed by atoms with van der Waals surface area (Å²) in [7, 11) is 0. The lowest BCUT2D eigenvalue weighted by molar-refractivity contribution is -0.137. The Bertz CT molecular complexity index is 785. The highest BCUT2D eigenvalue weighted by Gasteiger charge is 2.35. The summed E-state index contributed by atoms with van der Waals surface area (Å²) in [6.07, 6.45) is -3.06. The SMILES string of the molecule is CCCCOC(=O)Nc1cccc(Nc2nc(NN)ncc2C(F)(F)F)c1. The summed E-state index contributed by atoms with van der Waals surface area (Å²) in [5.74, 6) is 4.49. The largest absolute Gasteiger partial charge is 0.449 e. The van der Waals surface area contributed by atoms with E-state index in [0.29, 0.717) is 11.9 Å². The van der Waals surface area contributed by atoms with Gasteiger partial charge in [0, 0.05) is 17.6 Å². The first-order valence-corrected chi connectivity index (χ1v) is 8.05. The Hall–Kier alpha value is -3.08. The molecule has 2 aromatic rings. The van der Waals surface area contributed by atoms with Crippen molar-refractivity contribution >= 4 is 29.2 Å². The monoisotopic (exact) mass is 384 g/mol. The number of anilines is 4. The minimum Gasteiger partial charge on any atom is -0.449 e. The molecule has 0 aliphatic carbocycles. The van der Waals surface area contributed by atoms with Crippen LogP contribution < -0.4 is 21.9 Å². The maximum Gasteiger partial charge on any atom is 0.421 e. The van der Waals surface area contributed by atoms with Gasteiger partial charge in [-0.15, -0.1) is 0 Å². The number of unbranched alkanes of at least 4 members (excludes halogenated alkanes) is 1. The van der Waals surface area contributed by atoms with Crippen molar-refractivity contribution in [1.82, 2.24) is 9.97 Å². The highest BCUT2D eigenvalue weighted by atomic mass is 19.4. The molecular weight excluding hydrogens is 365 g/mol. The quantitative estimate of drug-likeness (QED) is 0.325. The van der Waals surface area contributed by atoms with E-state index in [2.05, 4.69) is 26.0 Å². The highest BCUT2D eigenvalue weighted by molar-refractivity contribution is 5.85. The van der Waals surface area contributed by atoms with Gasteiger partial charge >= 0.3 is 12.3 Å². The van der Waals surface area contributed by atoms with E-state index in [9.17, 15) is 18.0 Å². The summed E-state index contributed by atoms with van der Waals surface area (Å²) in [5.41, 5.74) is 1.65. The van der Waals surface area contributed by atoms with E-state index in [-0.39, 0.29) is 18.2 Å². The smallest absolute Gasteiger partial charge is 0.421 e. The van der Waals surface area contributed by atoms with Crippen molar-refractivity contribution in [3.63, 3.8) is 0 Å². The molecule has 0 bridgehead atoms. The van der Waals surface area contributed by atoms with Crippen LogP contribution in [-0.2, 0) is 10.9 Å². The molecule has 0 spiro atoms. The van der Waals surface area contributed by atoms with Gasteiger partial charge in [-0.2, -0.15) is 18.2 Å². The van der Waals surface area contributed by atoms with Crippen molar-refractivity contribution in [3.8, 4) is 0 Å². The van der Waals surface area contributed by atoms with Gasteiger partial charge in [-0.05, 0) is 24.6 Å². The Morgan fingerprint density at radius 2 is 2.04 bits per heavy atom. The van der Waals surface area contributed by atoms with Crippen LogP contribution in [0.2, 0.25) is 0 Å². The summed E-state index contributed by atoms with van der Waals surface area (Å²) in [6, 6.07) is 6.09. The first-order valence-electron chi connectivity index (χ1n) is 8.05. The summed E-state index contributed by atoms with van der Waals surface area (Å²) >= 11 is 0. The molecule has 1 aromatic heterocycles. The number of hydrogen-bond donors (Lipinski definition) is 4. The van der Waals surface area contributed by atoms with Crippen molar-refractivity contribution in [3.05, 3.63) is 36.0 Å². The Labute approximate surface area is 153 Å². The number of hydrazine groups is 1. The Morgan fingerprint density at radius 3 is 2.70 bits per heavy atom. The van der Waals surface area contributed by atoms with Crippen LogP contribution >= 0.6 is 0 Å². The lowest BCUT2D eigenvalue weighted by Crippen LogP contribution is -2.16. The van der Waals surface area contributed by atoms with Gasteiger partial charge in [0.15, 0.2) is 0 Å². The van der Waals surface area contributed by atoms with Gasteiger partial charge in [0.1, 0.15) is 11.4 Å².